The molecule has 96 valence electrons. The van der Waals surface area contributed by atoms with Gasteiger partial charge in [0.1, 0.15) is 0 Å². The molecule has 0 aromatic heterocycles. The van der Waals surface area contributed by atoms with Crippen LogP contribution < -0.4 is 5.32 Å². The van der Waals surface area contributed by atoms with E-state index in [4.69, 9.17) is 11.6 Å². The first-order valence-electron chi connectivity index (χ1n) is 5.98. The Balaban J connectivity index is 2.87. The fourth-order valence-corrected chi connectivity index (χ4v) is 2.69. The molecule has 1 N–H and O–H groups in total. The molecule has 1 aromatic rings. The highest BCUT2D eigenvalue weighted by Gasteiger charge is 2.13. The summed E-state index contributed by atoms with van der Waals surface area (Å²) < 4.78 is 0. The van der Waals surface area contributed by atoms with E-state index in [9.17, 15) is 0 Å². The molecule has 1 aromatic carbocycles. The van der Waals surface area contributed by atoms with Crippen molar-refractivity contribution in [2.45, 2.75) is 56.8 Å². The summed E-state index contributed by atoms with van der Waals surface area (Å²) in [6, 6.07) is 6.13. The molecule has 1 rings (SSSR count). The maximum atomic E-state index is 6.27. The third kappa shape index (κ3) is 5.33. The molecule has 0 spiro atoms. The molecule has 0 bridgehead atoms. The Morgan fingerprint density at radius 1 is 1.29 bits per heavy atom. The Morgan fingerprint density at radius 2 is 1.94 bits per heavy atom. The average Bonchev–Trinajstić information content (AvgIpc) is 2.17. The van der Waals surface area contributed by atoms with Gasteiger partial charge in [0.05, 0.1) is 5.02 Å². The molecule has 0 saturated heterocycles. The lowest BCUT2D eigenvalue weighted by atomic mass is 10.1. The Hall–Kier alpha value is -0.180. The van der Waals surface area contributed by atoms with Crippen LogP contribution in [-0.2, 0) is 6.54 Å². The Morgan fingerprint density at radius 3 is 2.47 bits per heavy atom. The summed E-state index contributed by atoms with van der Waals surface area (Å²) in [6.45, 7) is 11.8. The molecule has 0 heterocycles. The van der Waals surface area contributed by atoms with Crippen LogP contribution in [0.2, 0.25) is 5.02 Å². The van der Waals surface area contributed by atoms with E-state index in [0.29, 0.717) is 5.25 Å². The SMILES string of the molecule is CC(C)Sc1c(Cl)cccc1CNC(C)(C)C. The molecule has 17 heavy (non-hydrogen) atoms. The van der Waals surface area contributed by atoms with Crippen molar-refractivity contribution in [2.24, 2.45) is 0 Å². The molecule has 0 aliphatic carbocycles. The second-order valence-electron chi connectivity index (χ2n) is 5.50. The van der Waals surface area contributed by atoms with Gasteiger partial charge in [0.15, 0.2) is 0 Å². The van der Waals surface area contributed by atoms with Crippen molar-refractivity contribution in [3.05, 3.63) is 28.8 Å². The van der Waals surface area contributed by atoms with Gasteiger partial charge in [-0.05, 0) is 32.4 Å². The molecule has 0 aliphatic rings. The highest BCUT2D eigenvalue weighted by Crippen LogP contribution is 2.33. The standard InChI is InChI=1S/C14H22ClNS/c1-10(2)17-13-11(7-6-8-12(13)15)9-16-14(3,4)5/h6-8,10,16H,9H2,1-5H3. The van der Waals surface area contributed by atoms with Gasteiger partial charge in [0.2, 0.25) is 0 Å². The summed E-state index contributed by atoms with van der Waals surface area (Å²) in [5.41, 5.74) is 1.41. The maximum Gasteiger partial charge on any atom is 0.0545 e. The minimum Gasteiger partial charge on any atom is -0.308 e. The second kappa shape index (κ2) is 6.12. The number of nitrogens with one attached hydrogen (secondary N) is 1. The molecule has 0 fully saturated rings. The lowest BCUT2D eigenvalue weighted by Crippen LogP contribution is -2.35. The first-order chi connectivity index (χ1) is 7.79. The monoisotopic (exact) mass is 271 g/mol. The van der Waals surface area contributed by atoms with Gasteiger partial charge in [-0.3, -0.25) is 0 Å². The molecular weight excluding hydrogens is 250 g/mol. The van der Waals surface area contributed by atoms with E-state index in [0.717, 1.165) is 11.6 Å². The average molecular weight is 272 g/mol. The van der Waals surface area contributed by atoms with Crippen LogP contribution in [0.25, 0.3) is 0 Å². The lowest BCUT2D eigenvalue weighted by molar-refractivity contribution is 0.422. The predicted octanol–water partition coefficient (Wildman–Crippen LogP) is 4.73. The summed E-state index contributed by atoms with van der Waals surface area (Å²) in [7, 11) is 0. The van der Waals surface area contributed by atoms with Crippen molar-refractivity contribution < 1.29 is 0 Å². The maximum absolute atomic E-state index is 6.27. The highest BCUT2D eigenvalue weighted by molar-refractivity contribution is 8.00. The van der Waals surface area contributed by atoms with Crippen LogP contribution in [0, 0.1) is 0 Å². The third-order valence-corrected chi connectivity index (χ3v) is 3.83. The van der Waals surface area contributed by atoms with E-state index in [1.54, 1.807) is 0 Å². The molecular formula is C14H22ClNS. The zero-order chi connectivity index (χ0) is 13.1. The van der Waals surface area contributed by atoms with Crippen LogP contribution in [0.5, 0.6) is 0 Å². The van der Waals surface area contributed by atoms with Crippen molar-refractivity contribution in [1.82, 2.24) is 5.32 Å². The number of benzene rings is 1. The second-order valence-corrected chi connectivity index (χ2v) is 7.49. The number of rotatable bonds is 4. The number of hydrogen-bond donors (Lipinski definition) is 1. The topological polar surface area (TPSA) is 12.0 Å². The van der Waals surface area contributed by atoms with E-state index < -0.39 is 0 Å². The van der Waals surface area contributed by atoms with Gasteiger partial charge < -0.3 is 5.32 Å². The van der Waals surface area contributed by atoms with Crippen LogP contribution in [0.3, 0.4) is 0 Å². The zero-order valence-corrected chi connectivity index (χ0v) is 12.9. The summed E-state index contributed by atoms with van der Waals surface area (Å²) >= 11 is 8.11. The van der Waals surface area contributed by atoms with E-state index in [2.05, 4.69) is 46.0 Å². The number of thioether (sulfide) groups is 1. The number of hydrogen-bond acceptors (Lipinski definition) is 2. The smallest absolute Gasteiger partial charge is 0.0545 e. The highest BCUT2D eigenvalue weighted by atomic mass is 35.5. The van der Waals surface area contributed by atoms with E-state index in [1.165, 1.54) is 10.5 Å². The largest absolute Gasteiger partial charge is 0.308 e. The van der Waals surface area contributed by atoms with Gasteiger partial charge in [0.25, 0.3) is 0 Å². The van der Waals surface area contributed by atoms with Crippen LogP contribution in [-0.4, -0.2) is 10.8 Å². The molecule has 0 amide bonds. The summed E-state index contributed by atoms with van der Waals surface area (Å²) in [5, 5.41) is 4.91. The molecule has 0 atom stereocenters. The van der Waals surface area contributed by atoms with Gasteiger partial charge in [-0.1, -0.05) is 37.6 Å². The van der Waals surface area contributed by atoms with Crippen molar-refractivity contribution in [1.29, 1.82) is 0 Å². The van der Waals surface area contributed by atoms with Gasteiger partial charge in [-0.25, -0.2) is 0 Å². The molecule has 0 radical (unpaired) electrons. The van der Waals surface area contributed by atoms with Crippen LogP contribution in [0.1, 0.15) is 40.2 Å². The molecule has 0 aliphatic heterocycles. The van der Waals surface area contributed by atoms with Gasteiger partial charge >= 0.3 is 0 Å². The first-order valence-corrected chi connectivity index (χ1v) is 7.24. The van der Waals surface area contributed by atoms with Crippen LogP contribution >= 0.6 is 23.4 Å². The Bertz CT molecular complexity index is 369. The van der Waals surface area contributed by atoms with Crippen molar-refractivity contribution in [2.75, 3.05) is 0 Å². The number of halogens is 1. The van der Waals surface area contributed by atoms with Crippen molar-refractivity contribution in [3.8, 4) is 0 Å². The Kier molecular flexibility index (Phi) is 5.36. The van der Waals surface area contributed by atoms with Crippen molar-refractivity contribution in [3.63, 3.8) is 0 Å². The molecule has 3 heteroatoms. The fourth-order valence-electron chi connectivity index (χ4n) is 1.42. The van der Waals surface area contributed by atoms with Gasteiger partial charge in [-0.15, -0.1) is 11.8 Å². The third-order valence-electron chi connectivity index (χ3n) is 2.21. The predicted molar refractivity (Wildman–Crippen MR) is 79.0 cm³/mol. The van der Waals surface area contributed by atoms with Crippen LogP contribution in [0.4, 0.5) is 0 Å². The molecule has 0 saturated carbocycles. The minimum absolute atomic E-state index is 0.127. The molecule has 0 unspecified atom stereocenters. The first kappa shape index (κ1) is 14.9. The summed E-state index contributed by atoms with van der Waals surface area (Å²) in [6.07, 6.45) is 0. The van der Waals surface area contributed by atoms with Gasteiger partial charge in [-0.2, -0.15) is 0 Å². The van der Waals surface area contributed by atoms with E-state index in [1.807, 2.05) is 23.9 Å². The molecule has 1 nitrogen and oxygen atoms in total. The fraction of sp³-hybridized carbons (Fsp3) is 0.571. The normalized spacial score (nSPS) is 12.2. The van der Waals surface area contributed by atoms with Crippen LogP contribution in [0.15, 0.2) is 23.1 Å². The van der Waals surface area contributed by atoms with E-state index >= 15 is 0 Å². The Labute approximate surface area is 114 Å². The summed E-state index contributed by atoms with van der Waals surface area (Å²) in [5.74, 6) is 0. The zero-order valence-electron chi connectivity index (χ0n) is 11.3. The minimum atomic E-state index is 0.127. The van der Waals surface area contributed by atoms with Gasteiger partial charge in [0, 0.05) is 22.2 Å². The van der Waals surface area contributed by atoms with E-state index in [-0.39, 0.29) is 5.54 Å². The lowest BCUT2D eigenvalue weighted by Gasteiger charge is -2.22. The van der Waals surface area contributed by atoms with Crippen molar-refractivity contribution >= 4 is 23.4 Å². The summed E-state index contributed by atoms with van der Waals surface area (Å²) in [4.78, 5) is 1.21. The quantitative estimate of drug-likeness (QED) is 0.795.